The summed E-state index contributed by atoms with van der Waals surface area (Å²) in [5, 5.41) is 9.62. The largest absolute Gasteiger partial charge is 0.481 e. The van der Waals surface area contributed by atoms with E-state index in [0.717, 1.165) is 12.8 Å². The number of hydrogen-bond donors (Lipinski definition) is 1. The molecular weight excluding hydrogens is 318 g/mol. The number of likely N-dealkylation sites (tertiary alicyclic amines) is 1. The predicted molar refractivity (Wildman–Crippen MR) is 90.8 cm³/mol. The number of carbonyl (C=O) groups is 2. The second kappa shape index (κ2) is 5.72. The Morgan fingerprint density at radius 1 is 1.32 bits per heavy atom. The molecule has 2 heterocycles. The first-order chi connectivity index (χ1) is 12.0. The summed E-state index contributed by atoms with van der Waals surface area (Å²) in [6, 6.07) is 9.69. The van der Waals surface area contributed by atoms with Gasteiger partial charge in [0.15, 0.2) is 0 Å². The molecule has 0 unspecified atom stereocenters. The third-order valence-electron chi connectivity index (χ3n) is 5.58. The van der Waals surface area contributed by atoms with Crippen molar-refractivity contribution < 1.29 is 14.7 Å². The quantitative estimate of drug-likeness (QED) is 0.905. The zero-order valence-corrected chi connectivity index (χ0v) is 14.1. The van der Waals surface area contributed by atoms with Crippen LogP contribution in [-0.2, 0) is 22.1 Å². The van der Waals surface area contributed by atoms with Gasteiger partial charge in [-0.1, -0.05) is 30.3 Å². The van der Waals surface area contributed by atoms with E-state index in [1.165, 1.54) is 5.56 Å². The number of amides is 1. The van der Waals surface area contributed by atoms with Crippen molar-refractivity contribution in [3.8, 4) is 0 Å². The number of benzene rings is 1. The van der Waals surface area contributed by atoms with Crippen LogP contribution in [0.2, 0.25) is 0 Å². The molecule has 2 aromatic rings. The van der Waals surface area contributed by atoms with Crippen LogP contribution in [0.5, 0.6) is 0 Å². The number of carboxylic acid groups (broad SMARTS) is 1. The minimum atomic E-state index is -0.937. The highest BCUT2D eigenvalue weighted by Gasteiger charge is 2.53. The number of hydrogen-bond acceptors (Lipinski definition) is 3. The summed E-state index contributed by atoms with van der Waals surface area (Å²) in [5.74, 6) is -1.14. The number of carbonyl (C=O) groups excluding carboxylic acids is 1. The van der Waals surface area contributed by atoms with Gasteiger partial charge in [-0.05, 0) is 18.4 Å². The van der Waals surface area contributed by atoms with Crippen molar-refractivity contribution in [3.05, 3.63) is 54.1 Å². The fraction of sp³-hybridized carbons (Fsp3) is 0.421. The van der Waals surface area contributed by atoms with Crippen molar-refractivity contribution in [2.24, 2.45) is 13.0 Å². The van der Waals surface area contributed by atoms with Crippen LogP contribution >= 0.6 is 0 Å². The fourth-order valence-electron chi connectivity index (χ4n) is 3.99. The molecule has 1 saturated heterocycles. The molecule has 6 nitrogen and oxygen atoms in total. The Morgan fingerprint density at radius 2 is 2.04 bits per heavy atom. The smallest absolute Gasteiger partial charge is 0.309 e. The van der Waals surface area contributed by atoms with Crippen molar-refractivity contribution in [1.29, 1.82) is 0 Å². The molecule has 0 spiro atoms. The van der Waals surface area contributed by atoms with E-state index < -0.39 is 17.9 Å². The van der Waals surface area contributed by atoms with E-state index in [4.69, 9.17) is 0 Å². The van der Waals surface area contributed by atoms with Crippen molar-refractivity contribution >= 4 is 11.9 Å². The zero-order valence-electron chi connectivity index (χ0n) is 14.1. The Balaban J connectivity index is 1.68. The molecule has 2 fully saturated rings. The molecule has 130 valence electrons. The van der Waals surface area contributed by atoms with Crippen LogP contribution in [0.3, 0.4) is 0 Å². The Bertz CT molecular complexity index is 810. The summed E-state index contributed by atoms with van der Waals surface area (Å²) < 4.78 is 1.81. The maximum absolute atomic E-state index is 12.7. The van der Waals surface area contributed by atoms with E-state index in [1.54, 1.807) is 17.3 Å². The van der Waals surface area contributed by atoms with Gasteiger partial charge < -0.3 is 14.6 Å². The molecule has 1 aliphatic carbocycles. The van der Waals surface area contributed by atoms with Gasteiger partial charge >= 0.3 is 5.97 Å². The van der Waals surface area contributed by atoms with Crippen molar-refractivity contribution in [2.45, 2.75) is 30.7 Å². The number of nitrogens with zero attached hydrogens (tertiary/aromatic N) is 3. The molecule has 1 saturated carbocycles. The van der Waals surface area contributed by atoms with Gasteiger partial charge in [0.2, 0.25) is 5.91 Å². The summed E-state index contributed by atoms with van der Waals surface area (Å²) in [7, 11) is 1.84. The highest BCUT2D eigenvalue weighted by molar-refractivity contribution is 5.87. The van der Waals surface area contributed by atoms with Crippen molar-refractivity contribution in [2.75, 3.05) is 6.54 Å². The molecule has 2 aliphatic rings. The molecule has 4 rings (SSSR count). The molecule has 0 bridgehead atoms. The molecule has 25 heavy (non-hydrogen) atoms. The molecule has 1 aliphatic heterocycles. The van der Waals surface area contributed by atoms with Crippen molar-refractivity contribution in [3.63, 3.8) is 0 Å². The number of carboxylic acids is 1. The van der Waals surface area contributed by atoms with Crippen LogP contribution in [0.1, 0.15) is 36.7 Å². The van der Waals surface area contributed by atoms with Gasteiger partial charge in [-0.25, -0.2) is 4.98 Å². The molecule has 1 aromatic carbocycles. The monoisotopic (exact) mass is 339 g/mol. The average molecular weight is 339 g/mol. The number of imidazole rings is 1. The average Bonchev–Trinajstić information content (AvgIpc) is 3.17. The molecule has 0 radical (unpaired) electrons. The summed E-state index contributed by atoms with van der Waals surface area (Å²) in [5.41, 5.74) is 1.17. The van der Waals surface area contributed by atoms with E-state index in [2.05, 4.69) is 17.1 Å². The lowest BCUT2D eigenvalue weighted by Crippen LogP contribution is -2.38. The van der Waals surface area contributed by atoms with E-state index in [0.29, 0.717) is 12.4 Å². The predicted octanol–water partition coefficient (Wildman–Crippen LogP) is 2.13. The third kappa shape index (κ3) is 2.62. The number of aromatic nitrogens is 2. The number of aryl methyl sites for hydroxylation is 1. The molecule has 2 atom stereocenters. The summed E-state index contributed by atoms with van der Waals surface area (Å²) in [6.45, 7) is 0.553. The Morgan fingerprint density at radius 3 is 2.60 bits per heavy atom. The lowest BCUT2D eigenvalue weighted by molar-refractivity contribution is -0.142. The van der Waals surface area contributed by atoms with E-state index >= 15 is 0 Å². The molecule has 1 N–H and O–H groups in total. The normalized spacial score (nSPS) is 24.5. The highest BCUT2D eigenvalue weighted by atomic mass is 16.4. The minimum absolute atomic E-state index is 0.0394. The molecule has 6 heteroatoms. The number of rotatable bonds is 5. The second-order valence-electron chi connectivity index (χ2n) is 7.16. The summed E-state index contributed by atoms with van der Waals surface area (Å²) >= 11 is 0. The molecular formula is C19H21N3O3. The lowest BCUT2D eigenvalue weighted by atomic mass is 9.94. The first-order valence-electron chi connectivity index (χ1n) is 8.57. The highest BCUT2D eigenvalue weighted by Crippen LogP contribution is 2.51. The maximum atomic E-state index is 12.7. The van der Waals surface area contributed by atoms with Crippen LogP contribution < -0.4 is 0 Å². The van der Waals surface area contributed by atoms with E-state index in [9.17, 15) is 14.7 Å². The van der Waals surface area contributed by atoms with E-state index in [-0.39, 0.29) is 17.7 Å². The first kappa shape index (κ1) is 15.9. The lowest BCUT2D eigenvalue weighted by Gasteiger charge is -2.30. The zero-order chi connectivity index (χ0) is 17.6. The fourth-order valence-corrected chi connectivity index (χ4v) is 3.99. The van der Waals surface area contributed by atoms with E-state index in [1.807, 2.05) is 29.8 Å². The Hall–Kier alpha value is -2.63. The second-order valence-corrected chi connectivity index (χ2v) is 7.16. The molecule has 1 aromatic heterocycles. The van der Waals surface area contributed by atoms with Crippen LogP contribution in [0, 0.1) is 5.92 Å². The summed E-state index contributed by atoms with van der Waals surface area (Å²) in [4.78, 5) is 30.5. The van der Waals surface area contributed by atoms with Gasteiger partial charge in [0, 0.05) is 37.8 Å². The van der Waals surface area contributed by atoms with Crippen LogP contribution in [0.25, 0.3) is 0 Å². The first-order valence-corrected chi connectivity index (χ1v) is 8.57. The summed E-state index contributed by atoms with van der Waals surface area (Å²) in [6.07, 6.45) is 5.52. The standard InChI is InChI=1S/C19H21N3O3/c1-21-10-9-20-17(21)16-14(18(24)25)11-15(23)22(16)12-19(7-8-19)13-5-3-2-4-6-13/h2-6,9-10,14,16H,7-8,11-12H2,1H3,(H,24,25)/t14-,16-/m0/s1. The van der Waals surface area contributed by atoms with Gasteiger partial charge in [-0.2, -0.15) is 0 Å². The Labute approximate surface area is 146 Å². The third-order valence-corrected chi connectivity index (χ3v) is 5.58. The van der Waals surface area contributed by atoms with Crippen LogP contribution in [0.15, 0.2) is 42.7 Å². The Kier molecular flexibility index (Phi) is 3.63. The molecule has 1 amide bonds. The van der Waals surface area contributed by atoms with Crippen molar-refractivity contribution in [1.82, 2.24) is 14.5 Å². The van der Waals surface area contributed by atoms with Gasteiger partial charge in [0.25, 0.3) is 0 Å². The van der Waals surface area contributed by atoms with Crippen LogP contribution in [-0.4, -0.2) is 38.0 Å². The number of aliphatic carboxylic acids is 1. The van der Waals surface area contributed by atoms with Gasteiger partial charge in [0.05, 0.1) is 5.92 Å². The van der Waals surface area contributed by atoms with Gasteiger partial charge in [0.1, 0.15) is 11.9 Å². The van der Waals surface area contributed by atoms with Gasteiger partial charge in [-0.3, -0.25) is 9.59 Å². The maximum Gasteiger partial charge on any atom is 0.309 e. The SMILES string of the molecule is Cn1ccnc1[C@@H]1[C@@H](C(=O)O)CC(=O)N1CC1(c2ccccc2)CC1. The van der Waals surface area contributed by atoms with Gasteiger partial charge in [-0.15, -0.1) is 0 Å². The van der Waals surface area contributed by atoms with Crippen LogP contribution in [0.4, 0.5) is 0 Å². The minimum Gasteiger partial charge on any atom is -0.481 e. The topological polar surface area (TPSA) is 75.4 Å².